The van der Waals surface area contributed by atoms with E-state index in [1.54, 1.807) is 7.11 Å². The van der Waals surface area contributed by atoms with Gasteiger partial charge in [-0.1, -0.05) is 23.7 Å². The van der Waals surface area contributed by atoms with Gasteiger partial charge in [0.2, 0.25) is 10.0 Å². The molecule has 1 atom stereocenters. The minimum Gasteiger partial charge on any atom is -0.497 e. The lowest BCUT2D eigenvalue weighted by Gasteiger charge is -2.25. The van der Waals surface area contributed by atoms with Crippen LogP contribution < -0.4 is 9.46 Å². The van der Waals surface area contributed by atoms with Crippen molar-refractivity contribution in [2.45, 2.75) is 10.9 Å². The minimum atomic E-state index is -4.00. The number of benzene rings is 2. The Labute approximate surface area is 152 Å². The minimum absolute atomic E-state index is 0.0740. The van der Waals surface area contributed by atoms with Gasteiger partial charge in [0.15, 0.2) is 0 Å². The van der Waals surface area contributed by atoms with Crippen LogP contribution in [0.5, 0.6) is 5.75 Å². The Morgan fingerprint density at radius 3 is 2.56 bits per heavy atom. The number of hydrogen-bond donors (Lipinski definition) is 1. The highest BCUT2D eigenvalue weighted by Crippen LogP contribution is 2.23. The van der Waals surface area contributed by atoms with E-state index in [9.17, 15) is 12.8 Å². The predicted molar refractivity (Wildman–Crippen MR) is 96.0 cm³/mol. The van der Waals surface area contributed by atoms with Crippen molar-refractivity contribution in [2.75, 3.05) is 27.7 Å². The summed E-state index contributed by atoms with van der Waals surface area (Å²) in [7, 11) is 1.23. The molecule has 25 heavy (non-hydrogen) atoms. The molecule has 0 aliphatic heterocycles. The van der Waals surface area contributed by atoms with Gasteiger partial charge in [0, 0.05) is 17.6 Å². The number of hydrogen-bond acceptors (Lipinski definition) is 4. The van der Waals surface area contributed by atoms with Crippen LogP contribution >= 0.6 is 11.6 Å². The van der Waals surface area contributed by atoms with Crippen LogP contribution in [0.1, 0.15) is 11.6 Å². The van der Waals surface area contributed by atoms with Gasteiger partial charge in [0.25, 0.3) is 0 Å². The summed E-state index contributed by atoms with van der Waals surface area (Å²) in [5, 5.41) is 0.138. The summed E-state index contributed by atoms with van der Waals surface area (Å²) in [4.78, 5) is 1.44. The fourth-order valence-corrected chi connectivity index (χ4v) is 3.66. The normalized spacial score (nSPS) is 13.0. The average molecular weight is 387 g/mol. The molecule has 0 fully saturated rings. The molecule has 1 N–H and O–H groups in total. The third-order valence-corrected chi connectivity index (χ3v) is 5.44. The maximum Gasteiger partial charge on any atom is 0.243 e. The fourth-order valence-electron chi connectivity index (χ4n) is 2.41. The number of ether oxygens (including phenoxy) is 1. The zero-order valence-electron chi connectivity index (χ0n) is 14.2. The van der Waals surface area contributed by atoms with Crippen LogP contribution in [0.4, 0.5) is 4.39 Å². The second-order valence-electron chi connectivity index (χ2n) is 5.68. The molecule has 0 aromatic heterocycles. The first-order valence-corrected chi connectivity index (χ1v) is 9.36. The molecule has 0 radical (unpaired) electrons. The lowest BCUT2D eigenvalue weighted by Crippen LogP contribution is -2.34. The van der Waals surface area contributed by atoms with Crippen molar-refractivity contribution in [1.82, 2.24) is 9.62 Å². The molecule has 0 aliphatic carbocycles. The second-order valence-corrected chi connectivity index (χ2v) is 7.85. The van der Waals surface area contributed by atoms with E-state index in [0.717, 1.165) is 17.7 Å². The SMILES string of the molecule is COc1cccc(C(CNS(=O)(=O)c2ccc(Cl)cc2F)N(C)C)c1. The number of nitrogens with zero attached hydrogens (tertiary/aromatic N) is 1. The molecular weight excluding hydrogens is 367 g/mol. The van der Waals surface area contributed by atoms with Crippen LogP contribution in [0.2, 0.25) is 5.02 Å². The van der Waals surface area contributed by atoms with Crippen LogP contribution in [-0.2, 0) is 10.0 Å². The molecule has 136 valence electrons. The van der Waals surface area contributed by atoms with Gasteiger partial charge < -0.3 is 9.64 Å². The number of halogens is 2. The maximum atomic E-state index is 13.9. The quantitative estimate of drug-likeness (QED) is 0.794. The number of nitrogens with one attached hydrogen (secondary N) is 1. The number of sulfonamides is 1. The fraction of sp³-hybridized carbons (Fsp3) is 0.294. The Kier molecular flexibility index (Phi) is 6.40. The Morgan fingerprint density at radius 1 is 1.24 bits per heavy atom. The molecular formula is C17H20ClFN2O3S. The third kappa shape index (κ3) is 4.92. The molecule has 0 aliphatic rings. The summed E-state index contributed by atoms with van der Waals surface area (Å²) in [5.41, 5.74) is 0.878. The molecule has 2 rings (SSSR count). The predicted octanol–water partition coefficient (Wildman–Crippen LogP) is 3.07. The van der Waals surface area contributed by atoms with Gasteiger partial charge in [0.05, 0.1) is 7.11 Å². The molecule has 1 unspecified atom stereocenters. The van der Waals surface area contributed by atoms with E-state index in [0.29, 0.717) is 5.75 Å². The lowest BCUT2D eigenvalue weighted by molar-refractivity contribution is 0.298. The van der Waals surface area contributed by atoms with Gasteiger partial charge in [-0.2, -0.15) is 0 Å². The van der Waals surface area contributed by atoms with Crippen molar-refractivity contribution < 1.29 is 17.5 Å². The first-order valence-electron chi connectivity index (χ1n) is 7.49. The first-order chi connectivity index (χ1) is 11.7. The summed E-state index contributed by atoms with van der Waals surface area (Å²) in [6.07, 6.45) is 0. The van der Waals surface area contributed by atoms with E-state index in [2.05, 4.69) is 4.72 Å². The molecule has 0 saturated heterocycles. The van der Waals surface area contributed by atoms with E-state index >= 15 is 0 Å². The highest BCUT2D eigenvalue weighted by molar-refractivity contribution is 7.89. The topological polar surface area (TPSA) is 58.6 Å². The zero-order valence-corrected chi connectivity index (χ0v) is 15.7. The van der Waals surface area contributed by atoms with Crippen molar-refractivity contribution in [3.63, 3.8) is 0 Å². The van der Waals surface area contributed by atoms with Gasteiger partial charge in [-0.3, -0.25) is 0 Å². The van der Waals surface area contributed by atoms with Gasteiger partial charge in [-0.15, -0.1) is 0 Å². The molecule has 0 saturated carbocycles. The van der Waals surface area contributed by atoms with Crippen LogP contribution in [-0.4, -0.2) is 41.1 Å². The summed E-state index contributed by atoms with van der Waals surface area (Å²) in [6, 6.07) is 10.6. The Balaban J connectivity index is 2.23. The summed E-state index contributed by atoms with van der Waals surface area (Å²) in [6.45, 7) is 0.0740. The number of methoxy groups -OCH3 is 1. The molecule has 2 aromatic rings. The van der Waals surface area contributed by atoms with E-state index < -0.39 is 20.7 Å². The van der Waals surface area contributed by atoms with Gasteiger partial charge in [0.1, 0.15) is 16.5 Å². The molecule has 0 bridgehead atoms. The van der Waals surface area contributed by atoms with Crippen LogP contribution in [0.15, 0.2) is 47.4 Å². The second kappa shape index (κ2) is 8.14. The van der Waals surface area contributed by atoms with Crippen LogP contribution in [0, 0.1) is 5.82 Å². The van der Waals surface area contributed by atoms with Crippen LogP contribution in [0.25, 0.3) is 0 Å². The number of likely N-dealkylation sites (N-methyl/N-ethyl adjacent to an activating group) is 1. The molecule has 5 nitrogen and oxygen atoms in total. The molecule has 0 amide bonds. The number of rotatable bonds is 7. The van der Waals surface area contributed by atoms with E-state index in [1.807, 2.05) is 43.3 Å². The van der Waals surface area contributed by atoms with E-state index in [-0.39, 0.29) is 17.6 Å². The van der Waals surface area contributed by atoms with Gasteiger partial charge >= 0.3 is 0 Å². The molecule has 0 heterocycles. The Morgan fingerprint density at radius 2 is 1.96 bits per heavy atom. The van der Waals surface area contributed by atoms with E-state index in [1.165, 1.54) is 6.07 Å². The third-order valence-electron chi connectivity index (χ3n) is 3.75. The smallest absolute Gasteiger partial charge is 0.243 e. The first kappa shape index (κ1) is 19.7. The largest absolute Gasteiger partial charge is 0.497 e. The highest BCUT2D eigenvalue weighted by Gasteiger charge is 2.22. The lowest BCUT2D eigenvalue weighted by atomic mass is 10.1. The molecule has 0 spiro atoms. The Bertz CT molecular complexity index is 844. The highest BCUT2D eigenvalue weighted by atomic mass is 35.5. The molecule has 8 heteroatoms. The summed E-state index contributed by atoms with van der Waals surface area (Å²) < 4.78 is 46.4. The van der Waals surface area contributed by atoms with Crippen molar-refractivity contribution in [3.8, 4) is 5.75 Å². The molecule has 2 aromatic carbocycles. The van der Waals surface area contributed by atoms with E-state index in [4.69, 9.17) is 16.3 Å². The van der Waals surface area contributed by atoms with Gasteiger partial charge in [-0.25, -0.2) is 17.5 Å². The van der Waals surface area contributed by atoms with Crippen molar-refractivity contribution in [2.24, 2.45) is 0 Å². The van der Waals surface area contributed by atoms with Crippen molar-refractivity contribution >= 4 is 21.6 Å². The summed E-state index contributed by atoms with van der Waals surface area (Å²) >= 11 is 5.67. The summed E-state index contributed by atoms with van der Waals surface area (Å²) in [5.74, 6) is -0.210. The van der Waals surface area contributed by atoms with Crippen molar-refractivity contribution in [1.29, 1.82) is 0 Å². The average Bonchev–Trinajstić information content (AvgIpc) is 2.54. The van der Waals surface area contributed by atoms with Crippen LogP contribution in [0.3, 0.4) is 0 Å². The van der Waals surface area contributed by atoms with Crippen molar-refractivity contribution in [3.05, 3.63) is 58.9 Å². The monoisotopic (exact) mass is 386 g/mol. The standard InChI is InChI=1S/C17H20ClFN2O3S/c1-21(2)16(12-5-4-6-14(9-12)24-3)11-20-25(22,23)17-8-7-13(18)10-15(17)19/h4-10,16,20H,11H2,1-3H3. The zero-order chi connectivity index (χ0) is 18.6. The van der Waals surface area contributed by atoms with Gasteiger partial charge in [-0.05, 0) is 50.0 Å². The maximum absolute atomic E-state index is 13.9. The Hall–Kier alpha value is -1.67.